The summed E-state index contributed by atoms with van der Waals surface area (Å²) in [4.78, 5) is 19.7. The minimum atomic E-state index is -0.217. The summed E-state index contributed by atoms with van der Waals surface area (Å²) in [6.45, 7) is 1.94. The zero-order valence-electron chi connectivity index (χ0n) is 10.8. The van der Waals surface area contributed by atoms with E-state index >= 15 is 0 Å². The fourth-order valence-electron chi connectivity index (χ4n) is 1.48. The van der Waals surface area contributed by atoms with Crippen LogP contribution in [0.2, 0.25) is 0 Å². The number of thiazole rings is 1. The summed E-state index contributed by atoms with van der Waals surface area (Å²) in [5.41, 5.74) is 2.76. The highest BCUT2D eigenvalue weighted by Crippen LogP contribution is 2.21. The van der Waals surface area contributed by atoms with E-state index in [1.807, 2.05) is 24.4 Å². The molecule has 0 fully saturated rings. The van der Waals surface area contributed by atoms with Crippen molar-refractivity contribution in [3.05, 3.63) is 35.1 Å². The molecule has 0 aliphatic heterocycles. The van der Waals surface area contributed by atoms with Crippen molar-refractivity contribution in [2.45, 2.75) is 19.8 Å². The van der Waals surface area contributed by atoms with Crippen molar-refractivity contribution in [1.29, 1.82) is 0 Å². The highest BCUT2D eigenvalue weighted by Gasteiger charge is 2.06. The molecule has 1 N–H and O–H groups in total. The van der Waals surface area contributed by atoms with Crippen molar-refractivity contribution in [2.75, 3.05) is 12.4 Å². The van der Waals surface area contributed by atoms with Gasteiger partial charge in [0.15, 0.2) is 5.13 Å². The summed E-state index contributed by atoms with van der Waals surface area (Å²) in [5.74, 6) is -0.217. The zero-order chi connectivity index (χ0) is 13.7. The molecule has 0 spiro atoms. The third-order valence-corrected chi connectivity index (χ3v) is 3.33. The Balaban J connectivity index is 1.93. The monoisotopic (exact) mass is 277 g/mol. The van der Waals surface area contributed by atoms with Gasteiger partial charge in [-0.25, -0.2) is 4.98 Å². The van der Waals surface area contributed by atoms with Crippen LogP contribution in [0.25, 0.3) is 0 Å². The van der Waals surface area contributed by atoms with E-state index in [1.165, 1.54) is 18.4 Å². The van der Waals surface area contributed by atoms with Gasteiger partial charge in [-0.2, -0.15) is 0 Å². The molecule has 100 valence electrons. The Kier molecular flexibility index (Phi) is 4.46. The second-order valence-corrected chi connectivity index (χ2v) is 4.89. The molecule has 6 heteroatoms. The number of carbonyl (C=O) groups excluding carboxylic acids is 1. The molecule has 0 aliphatic carbocycles. The van der Waals surface area contributed by atoms with Crippen molar-refractivity contribution >= 4 is 28.1 Å². The molecule has 0 radical (unpaired) electrons. The molecule has 19 heavy (non-hydrogen) atoms. The lowest BCUT2D eigenvalue weighted by Gasteiger charge is -2.01. The summed E-state index contributed by atoms with van der Waals surface area (Å²) in [6, 6.07) is 3.89. The van der Waals surface area contributed by atoms with Gasteiger partial charge >= 0.3 is 5.97 Å². The Morgan fingerprint density at radius 2 is 2.32 bits per heavy atom. The maximum atomic E-state index is 11.0. The molecule has 2 rings (SSSR count). The predicted molar refractivity (Wildman–Crippen MR) is 74.7 cm³/mol. The van der Waals surface area contributed by atoms with Gasteiger partial charge < -0.3 is 10.1 Å². The maximum absolute atomic E-state index is 11.0. The second kappa shape index (κ2) is 6.29. The highest BCUT2D eigenvalue weighted by atomic mass is 32.1. The minimum absolute atomic E-state index is 0.217. The van der Waals surface area contributed by atoms with Gasteiger partial charge in [-0.15, -0.1) is 11.3 Å². The van der Waals surface area contributed by atoms with E-state index in [2.05, 4.69) is 20.0 Å². The number of hydrogen-bond donors (Lipinski definition) is 1. The van der Waals surface area contributed by atoms with Gasteiger partial charge in [-0.05, 0) is 19.1 Å². The summed E-state index contributed by atoms with van der Waals surface area (Å²) < 4.78 is 4.60. The fourth-order valence-corrected chi connectivity index (χ4v) is 2.24. The van der Waals surface area contributed by atoms with Crippen molar-refractivity contribution in [1.82, 2.24) is 9.97 Å². The first-order valence-corrected chi connectivity index (χ1v) is 6.76. The topological polar surface area (TPSA) is 64.1 Å². The number of hydrogen-bond acceptors (Lipinski definition) is 6. The first-order chi connectivity index (χ1) is 9.17. The van der Waals surface area contributed by atoms with Gasteiger partial charge in [0.05, 0.1) is 31.1 Å². The average Bonchev–Trinajstić information content (AvgIpc) is 2.86. The van der Waals surface area contributed by atoms with Gasteiger partial charge in [0.1, 0.15) is 0 Å². The van der Waals surface area contributed by atoms with Crippen LogP contribution in [0, 0.1) is 6.92 Å². The summed E-state index contributed by atoms with van der Waals surface area (Å²) in [6.07, 6.45) is 2.72. The molecule has 5 nitrogen and oxygen atoms in total. The van der Waals surface area contributed by atoms with Gasteiger partial charge in [-0.1, -0.05) is 0 Å². The molecule has 2 aromatic rings. The third kappa shape index (κ3) is 4.03. The number of aryl methyl sites for hydroxylation is 2. The summed E-state index contributed by atoms with van der Waals surface area (Å²) in [7, 11) is 1.39. The predicted octanol–water partition coefficient (Wildman–Crippen LogP) is 2.70. The van der Waals surface area contributed by atoms with E-state index in [4.69, 9.17) is 0 Å². The molecule has 0 atom stereocenters. The highest BCUT2D eigenvalue weighted by molar-refractivity contribution is 7.13. The quantitative estimate of drug-likeness (QED) is 0.851. The van der Waals surface area contributed by atoms with Crippen molar-refractivity contribution < 1.29 is 9.53 Å². The molecule has 0 aliphatic rings. The molecule has 0 saturated carbocycles. The largest absolute Gasteiger partial charge is 0.469 e. The number of nitrogens with zero attached hydrogens (tertiary/aromatic N) is 2. The van der Waals surface area contributed by atoms with Gasteiger partial charge in [0, 0.05) is 17.5 Å². The van der Waals surface area contributed by atoms with E-state index < -0.39 is 0 Å². The third-order valence-electron chi connectivity index (χ3n) is 2.53. The minimum Gasteiger partial charge on any atom is -0.469 e. The molecule has 2 aromatic heterocycles. The Morgan fingerprint density at radius 3 is 3.00 bits per heavy atom. The van der Waals surface area contributed by atoms with Crippen LogP contribution in [0.15, 0.2) is 23.7 Å². The molecular weight excluding hydrogens is 262 g/mol. The second-order valence-electron chi connectivity index (χ2n) is 4.03. The van der Waals surface area contributed by atoms with Crippen molar-refractivity contribution in [2.24, 2.45) is 0 Å². The first kappa shape index (κ1) is 13.5. The lowest BCUT2D eigenvalue weighted by atomic mass is 10.2. The number of anilines is 2. The standard InChI is InChI=1S/C13H15N3O2S/c1-9-3-4-10(7-14-9)15-13-16-11(8-19-13)5-6-12(17)18-2/h3-4,7-8H,5-6H2,1-2H3,(H,15,16). The number of nitrogens with one attached hydrogen (secondary N) is 1. The van der Waals surface area contributed by atoms with Gasteiger partial charge in [0.25, 0.3) is 0 Å². The maximum Gasteiger partial charge on any atom is 0.305 e. The smallest absolute Gasteiger partial charge is 0.305 e. The Bertz CT molecular complexity index is 551. The number of rotatable bonds is 5. The molecule has 0 saturated heterocycles. The molecule has 0 aromatic carbocycles. The zero-order valence-corrected chi connectivity index (χ0v) is 11.7. The van der Waals surface area contributed by atoms with Crippen LogP contribution in [-0.2, 0) is 16.0 Å². The number of methoxy groups -OCH3 is 1. The van der Waals surface area contributed by atoms with Crippen LogP contribution in [0.5, 0.6) is 0 Å². The van der Waals surface area contributed by atoms with E-state index in [-0.39, 0.29) is 5.97 Å². The van der Waals surface area contributed by atoms with E-state index in [0.29, 0.717) is 12.8 Å². The molecule has 0 amide bonds. The normalized spacial score (nSPS) is 10.2. The number of esters is 1. The van der Waals surface area contributed by atoms with Gasteiger partial charge in [0.2, 0.25) is 0 Å². The van der Waals surface area contributed by atoms with E-state index in [1.54, 1.807) is 6.20 Å². The van der Waals surface area contributed by atoms with Crippen molar-refractivity contribution in [3.8, 4) is 0 Å². The molecule has 0 unspecified atom stereocenters. The van der Waals surface area contributed by atoms with Crippen LogP contribution in [0.1, 0.15) is 17.8 Å². The number of pyridine rings is 1. The van der Waals surface area contributed by atoms with Crippen LogP contribution in [0.4, 0.5) is 10.8 Å². The van der Waals surface area contributed by atoms with Crippen LogP contribution in [-0.4, -0.2) is 23.0 Å². The first-order valence-electron chi connectivity index (χ1n) is 5.88. The number of aromatic nitrogens is 2. The molecule has 2 heterocycles. The number of ether oxygens (including phenoxy) is 1. The Labute approximate surface area is 115 Å². The van der Waals surface area contributed by atoms with E-state index in [9.17, 15) is 4.79 Å². The van der Waals surface area contributed by atoms with Crippen LogP contribution >= 0.6 is 11.3 Å². The summed E-state index contributed by atoms with van der Waals surface area (Å²) >= 11 is 1.51. The van der Waals surface area contributed by atoms with Crippen LogP contribution in [0.3, 0.4) is 0 Å². The van der Waals surface area contributed by atoms with Crippen LogP contribution < -0.4 is 5.32 Å². The van der Waals surface area contributed by atoms with Gasteiger partial charge in [-0.3, -0.25) is 9.78 Å². The SMILES string of the molecule is COC(=O)CCc1csc(Nc2ccc(C)nc2)n1. The Hall–Kier alpha value is -1.95. The molecular formula is C13H15N3O2S. The Morgan fingerprint density at radius 1 is 1.47 bits per heavy atom. The lowest BCUT2D eigenvalue weighted by Crippen LogP contribution is -2.02. The lowest BCUT2D eigenvalue weighted by molar-refractivity contribution is -0.140. The molecule has 0 bridgehead atoms. The fraction of sp³-hybridized carbons (Fsp3) is 0.308. The van der Waals surface area contributed by atoms with E-state index in [0.717, 1.165) is 22.2 Å². The number of carbonyl (C=O) groups is 1. The summed E-state index contributed by atoms with van der Waals surface area (Å²) in [5, 5.41) is 5.92. The average molecular weight is 277 g/mol. The van der Waals surface area contributed by atoms with Crippen molar-refractivity contribution in [3.63, 3.8) is 0 Å².